The smallest absolute Gasteiger partial charge is 0.124 e. The highest BCUT2D eigenvalue weighted by atomic mass is 127. The van der Waals surface area contributed by atoms with Crippen LogP contribution in [0.3, 0.4) is 0 Å². The molecule has 4 nitrogen and oxygen atoms in total. The van der Waals surface area contributed by atoms with Crippen LogP contribution in [-0.4, -0.2) is 29.3 Å². The number of fused-ring (bicyclic) bond motifs is 1. The molecule has 1 unspecified atom stereocenters. The SMILES string of the molecule is C=C1C(I)=C(N2CCOc3ccc(CN)cc3C2)C1O. The number of aliphatic hydroxyl groups excluding tert-OH is 1. The lowest BCUT2D eigenvalue weighted by Gasteiger charge is -2.37. The summed E-state index contributed by atoms with van der Waals surface area (Å²) in [4.78, 5) is 2.17. The standard InChI is InChI=1S/C15H17IN2O2/c1-9-13(16)14(15(9)19)18-4-5-20-12-3-2-10(7-17)6-11(12)8-18/h2-3,6,15,19H,1,4-5,7-8,17H2. The van der Waals surface area contributed by atoms with Gasteiger partial charge in [0.1, 0.15) is 18.5 Å². The van der Waals surface area contributed by atoms with Gasteiger partial charge >= 0.3 is 0 Å². The number of hydrogen-bond donors (Lipinski definition) is 2. The predicted molar refractivity (Wildman–Crippen MR) is 86.4 cm³/mol. The van der Waals surface area contributed by atoms with Crippen LogP contribution in [-0.2, 0) is 13.1 Å². The molecule has 3 N–H and O–H groups in total. The summed E-state index contributed by atoms with van der Waals surface area (Å²) < 4.78 is 6.85. The number of benzene rings is 1. The van der Waals surface area contributed by atoms with Gasteiger partial charge in [-0.1, -0.05) is 12.6 Å². The molecule has 0 radical (unpaired) electrons. The van der Waals surface area contributed by atoms with Crippen LogP contribution in [0.5, 0.6) is 5.75 Å². The molecule has 0 bridgehead atoms. The van der Waals surface area contributed by atoms with E-state index in [4.69, 9.17) is 10.5 Å². The first-order valence-electron chi connectivity index (χ1n) is 6.58. The van der Waals surface area contributed by atoms with Gasteiger partial charge in [-0.3, -0.25) is 0 Å². The van der Waals surface area contributed by atoms with E-state index in [-0.39, 0.29) is 0 Å². The number of ether oxygens (including phenoxy) is 1. The zero-order valence-electron chi connectivity index (χ0n) is 11.1. The zero-order chi connectivity index (χ0) is 14.3. The lowest BCUT2D eigenvalue weighted by molar-refractivity contribution is 0.165. The van der Waals surface area contributed by atoms with Crippen LogP contribution in [0, 0.1) is 0 Å². The fraction of sp³-hybridized carbons (Fsp3) is 0.333. The molecule has 1 aliphatic carbocycles. The number of rotatable bonds is 2. The largest absolute Gasteiger partial charge is 0.491 e. The van der Waals surface area contributed by atoms with Crippen LogP contribution in [0.2, 0.25) is 0 Å². The third kappa shape index (κ3) is 2.23. The Bertz CT molecular complexity index is 598. The molecule has 3 rings (SSSR count). The van der Waals surface area contributed by atoms with Gasteiger partial charge in [0.05, 0.1) is 12.2 Å². The van der Waals surface area contributed by atoms with Crippen molar-refractivity contribution in [2.45, 2.75) is 19.2 Å². The number of nitrogens with zero attached hydrogens (tertiary/aromatic N) is 1. The molecule has 0 aromatic heterocycles. The Hall–Kier alpha value is -1.05. The molecule has 0 amide bonds. The fourth-order valence-corrected chi connectivity index (χ4v) is 3.51. The lowest BCUT2D eigenvalue weighted by atomic mass is 9.94. The summed E-state index contributed by atoms with van der Waals surface area (Å²) in [5.41, 5.74) is 9.68. The second kappa shape index (κ2) is 5.38. The quantitative estimate of drug-likeness (QED) is 0.766. The molecule has 1 aromatic rings. The summed E-state index contributed by atoms with van der Waals surface area (Å²) >= 11 is 2.24. The highest BCUT2D eigenvalue weighted by molar-refractivity contribution is 14.1. The summed E-state index contributed by atoms with van der Waals surface area (Å²) in [7, 11) is 0. The summed E-state index contributed by atoms with van der Waals surface area (Å²) in [6, 6.07) is 6.06. The van der Waals surface area contributed by atoms with E-state index >= 15 is 0 Å². The number of aliphatic hydroxyl groups is 1. The van der Waals surface area contributed by atoms with Gasteiger partial charge in [-0.2, -0.15) is 0 Å². The van der Waals surface area contributed by atoms with E-state index in [0.29, 0.717) is 13.2 Å². The maximum Gasteiger partial charge on any atom is 0.124 e. The van der Waals surface area contributed by atoms with Crippen molar-refractivity contribution in [2.75, 3.05) is 13.2 Å². The number of hydrogen-bond acceptors (Lipinski definition) is 4. The molecule has 0 fully saturated rings. The molecule has 2 aliphatic rings. The van der Waals surface area contributed by atoms with E-state index < -0.39 is 6.10 Å². The maximum absolute atomic E-state index is 10.1. The molecule has 0 spiro atoms. The van der Waals surface area contributed by atoms with Gasteiger partial charge in [0.15, 0.2) is 0 Å². The van der Waals surface area contributed by atoms with Crippen molar-refractivity contribution in [3.05, 3.63) is 50.8 Å². The minimum atomic E-state index is -0.541. The van der Waals surface area contributed by atoms with Crippen LogP contribution in [0.25, 0.3) is 0 Å². The van der Waals surface area contributed by atoms with Crippen molar-refractivity contribution in [3.63, 3.8) is 0 Å². The van der Waals surface area contributed by atoms with Gasteiger partial charge in [0, 0.05) is 22.2 Å². The summed E-state index contributed by atoms with van der Waals surface area (Å²) in [5.74, 6) is 0.910. The molecule has 0 saturated carbocycles. The molecule has 1 aliphatic heterocycles. The highest BCUT2D eigenvalue weighted by Gasteiger charge is 2.35. The van der Waals surface area contributed by atoms with Gasteiger partial charge in [0.2, 0.25) is 0 Å². The van der Waals surface area contributed by atoms with Gasteiger partial charge in [-0.15, -0.1) is 0 Å². The van der Waals surface area contributed by atoms with E-state index in [1.54, 1.807) is 0 Å². The molecule has 106 valence electrons. The van der Waals surface area contributed by atoms with E-state index in [1.165, 1.54) is 0 Å². The van der Waals surface area contributed by atoms with Crippen molar-refractivity contribution in [1.29, 1.82) is 0 Å². The number of nitrogens with two attached hydrogens (primary N) is 1. The second-order valence-electron chi connectivity index (χ2n) is 5.04. The average Bonchev–Trinajstić information content (AvgIpc) is 2.68. The predicted octanol–water partition coefficient (Wildman–Crippen LogP) is 1.92. The van der Waals surface area contributed by atoms with Crippen molar-refractivity contribution >= 4 is 22.6 Å². The fourth-order valence-electron chi connectivity index (χ4n) is 2.58. The monoisotopic (exact) mass is 384 g/mol. The Balaban J connectivity index is 1.92. The molecule has 1 atom stereocenters. The van der Waals surface area contributed by atoms with E-state index in [0.717, 1.165) is 44.8 Å². The Morgan fingerprint density at radius 3 is 3.00 bits per heavy atom. The van der Waals surface area contributed by atoms with Crippen molar-refractivity contribution in [2.24, 2.45) is 5.73 Å². The minimum absolute atomic E-state index is 0.521. The van der Waals surface area contributed by atoms with Crippen LogP contribution in [0.15, 0.2) is 39.6 Å². The summed E-state index contributed by atoms with van der Waals surface area (Å²) in [5, 5.41) is 10.1. The first kappa shape index (κ1) is 13.9. The van der Waals surface area contributed by atoms with Crippen molar-refractivity contribution < 1.29 is 9.84 Å². The molecule has 1 aromatic carbocycles. The molecular weight excluding hydrogens is 367 g/mol. The first-order chi connectivity index (χ1) is 9.61. The van der Waals surface area contributed by atoms with Gasteiger partial charge in [-0.05, 0) is 45.9 Å². The first-order valence-corrected chi connectivity index (χ1v) is 7.66. The Morgan fingerprint density at radius 1 is 1.50 bits per heavy atom. The molecule has 1 heterocycles. The topological polar surface area (TPSA) is 58.7 Å². The Labute approximate surface area is 132 Å². The molecular formula is C15H17IN2O2. The highest BCUT2D eigenvalue weighted by Crippen LogP contribution is 2.41. The van der Waals surface area contributed by atoms with E-state index in [9.17, 15) is 5.11 Å². The van der Waals surface area contributed by atoms with Crippen LogP contribution < -0.4 is 10.5 Å². The van der Waals surface area contributed by atoms with Crippen LogP contribution >= 0.6 is 22.6 Å². The normalized spacial score (nSPS) is 22.1. The third-order valence-corrected chi connectivity index (χ3v) is 5.02. The lowest BCUT2D eigenvalue weighted by Crippen LogP contribution is -2.38. The Morgan fingerprint density at radius 2 is 2.30 bits per heavy atom. The average molecular weight is 384 g/mol. The summed E-state index contributed by atoms with van der Waals surface area (Å²) in [6.45, 7) is 6.50. The van der Waals surface area contributed by atoms with Crippen molar-refractivity contribution in [3.8, 4) is 5.75 Å². The van der Waals surface area contributed by atoms with Crippen LogP contribution in [0.4, 0.5) is 0 Å². The summed E-state index contributed by atoms with van der Waals surface area (Å²) in [6.07, 6.45) is -0.541. The molecule has 0 saturated heterocycles. The third-order valence-electron chi connectivity index (χ3n) is 3.78. The second-order valence-corrected chi connectivity index (χ2v) is 6.12. The molecule has 20 heavy (non-hydrogen) atoms. The van der Waals surface area contributed by atoms with Crippen LogP contribution in [0.1, 0.15) is 11.1 Å². The van der Waals surface area contributed by atoms with E-state index in [2.05, 4.69) is 40.1 Å². The zero-order valence-corrected chi connectivity index (χ0v) is 13.3. The van der Waals surface area contributed by atoms with Crippen molar-refractivity contribution in [1.82, 2.24) is 4.90 Å². The van der Waals surface area contributed by atoms with Gasteiger partial charge < -0.3 is 20.5 Å². The van der Waals surface area contributed by atoms with Gasteiger partial charge in [0.25, 0.3) is 0 Å². The van der Waals surface area contributed by atoms with E-state index in [1.807, 2.05) is 12.1 Å². The number of halogens is 1. The Kier molecular flexibility index (Phi) is 3.74. The minimum Gasteiger partial charge on any atom is -0.491 e. The van der Waals surface area contributed by atoms with Gasteiger partial charge in [-0.25, -0.2) is 0 Å². The molecule has 5 heteroatoms. The maximum atomic E-state index is 10.1.